The van der Waals surface area contributed by atoms with Gasteiger partial charge in [0.2, 0.25) is 5.91 Å². The molecule has 1 amide bonds. The number of likely N-dealkylation sites (N-methyl/N-ethyl adjacent to an activating group) is 1. The topological polar surface area (TPSA) is 66.8 Å². The summed E-state index contributed by atoms with van der Waals surface area (Å²) in [5.74, 6) is -1.12. The third kappa shape index (κ3) is 4.20. The van der Waals surface area contributed by atoms with E-state index in [0.717, 1.165) is 38.5 Å². The van der Waals surface area contributed by atoms with Crippen molar-refractivity contribution in [1.29, 1.82) is 0 Å². The Labute approximate surface area is 121 Å². The second-order valence-electron chi connectivity index (χ2n) is 5.61. The summed E-state index contributed by atoms with van der Waals surface area (Å²) in [5.41, 5.74) is -1.03. The van der Waals surface area contributed by atoms with E-state index in [-0.39, 0.29) is 12.5 Å². The Morgan fingerprint density at radius 2 is 1.85 bits per heavy atom. The molecule has 0 saturated heterocycles. The van der Waals surface area contributed by atoms with Crippen LogP contribution in [0.4, 0.5) is 0 Å². The van der Waals surface area contributed by atoms with E-state index >= 15 is 0 Å². The number of hydrogen-bond donors (Lipinski definition) is 1. The minimum Gasteiger partial charge on any atom is -0.479 e. The van der Waals surface area contributed by atoms with E-state index in [1.54, 1.807) is 7.05 Å². The summed E-state index contributed by atoms with van der Waals surface area (Å²) in [5, 5.41) is 9.51. The number of carbonyl (C=O) groups is 2. The highest BCUT2D eigenvalue weighted by Crippen LogP contribution is 2.33. The van der Waals surface area contributed by atoms with Gasteiger partial charge in [-0.25, -0.2) is 4.79 Å². The average molecular weight is 285 g/mol. The first-order valence-electron chi connectivity index (χ1n) is 7.62. The molecule has 0 spiro atoms. The lowest BCUT2D eigenvalue weighted by Gasteiger charge is -2.40. The Kier molecular flexibility index (Phi) is 6.99. The number of hydrogen-bond acceptors (Lipinski definition) is 3. The molecule has 5 heteroatoms. The van der Waals surface area contributed by atoms with Crippen LogP contribution in [-0.4, -0.2) is 47.7 Å². The van der Waals surface area contributed by atoms with Crippen molar-refractivity contribution in [3.8, 4) is 0 Å². The normalized spacial score (nSPS) is 17.7. The summed E-state index contributed by atoms with van der Waals surface area (Å²) in [6, 6.07) is 0. The molecule has 1 rings (SSSR count). The second kappa shape index (κ2) is 8.25. The monoisotopic (exact) mass is 285 g/mol. The standard InChI is InChI=1S/C15H27NO4/c1-3-4-8-11-20-12-13(17)16(2)15(14(18)19)9-6-5-7-10-15/h3-12H2,1-2H3,(H,18,19). The van der Waals surface area contributed by atoms with Crippen molar-refractivity contribution >= 4 is 11.9 Å². The van der Waals surface area contributed by atoms with Gasteiger partial charge < -0.3 is 14.7 Å². The van der Waals surface area contributed by atoms with E-state index in [9.17, 15) is 14.7 Å². The smallest absolute Gasteiger partial charge is 0.329 e. The lowest BCUT2D eigenvalue weighted by Crippen LogP contribution is -2.57. The van der Waals surface area contributed by atoms with E-state index in [2.05, 4.69) is 6.92 Å². The van der Waals surface area contributed by atoms with Gasteiger partial charge in [0.1, 0.15) is 12.1 Å². The lowest BCUT2D eigenvalue weighted by molar-refractivity contribution is -0.162. The first-order valence-corrected chi connectivity index (χ1v) is 7.62. The highest BCUT2D eigenvalue weighted by molar-refractivity contribution is 5.87. The number of carbonyl (C=O) groups excluding carboxylic acids is 1. The predicted molar refractivity (Wildman–Crippen MR) is 76.6 cm³/mol. The second-order valence-corrected chi connectivity index (χ2v) is 5.61. The highest BCUT2D eigenvalue weighted by atomic mass is 16.5. The molecule has 0 heterocycles. The van der Waals surface area contributed by atoms with E-state index < -0.39 is 11.5 Å². The van der Waals surface area contributed by atoms with Gasteiger partial charge in [0, 0.05) is 13.7 Å². The lowest BCUT2D eigenvalue weighted by atomic mass is 9.80. The van der Waals surface area contributed by atoms with Crippen LogP contribution >= 0.6 is 0 Å². The molecule has 0 aromatic carbocycles. The molecule has 0 atom stereocenters. The van der Waals surface area contributed by atoms with Crippen molar-refractivity contribution in [3.63, 3.8) is 0 Å². The number of ether oxygens (including phenoxy) is 1. The predicted octanol–water partition coefficient (Wildman–Crippen LogP) is 2.44. The first-order chi connectivity index (χ1) is 9.54. The van der Waals surface area contributed by atoms with Crippen LogP contribution < -0.4 is 0 Å². The molecule has 1 aliphatic rings. The molecular weight excluding hydrogens is 258 g/mol. The van der Waals surface area contributed by atoms with Crippen molar-refractivity contribution in [3.05, 3.63) is 0 Å². The van der Waals surface area contributed by atoms with Crippen LogP contribution in [0.1, 0.15) is 58.3 Å². The third-order valence-electron chi connectivity index (χ3n) is 4.21. The molecule has 1 N–H and O–H groups in total. The molecule has 1 fully saturated rings. The van der Waals surface area contributed by atoms with Gasteiger partial charge in [0.05, 0.1) is 0 Å². The van der Waals surface area contributed by atoms with Crippen LogP contribution in [0.5, 0.6) is 0 Å². The zero-order chi connectivity index (χ0) is 15.0. The summed E-state index contributed by atoms with van der Waals surface area (Å²) < 4.78 is 5.35. The molecule has 0 unspecified atom stereocenters. The van der Waals surface area contributed by atoms with Gasteiger partial charge in [-0.1, -0.05) is 39.0 Å². The average Bonchev–Trinajstić information content (AvgIpc) is 2.46. The maximum Gasteiger partial charge on any atom is 0.329 e. The summed E-state index contributed by atoms with van der Waals surface area (Å²) in [4.78, 5) is 25.1. The molecule has 116 valence electrons. The summed E-state index contributed by atoms with van der Waals surface area (Å²) in [6.07, 6.45) is 6.99. The summed E-state index contributed by atoms with van der Waals surface area (Å²) >= 11 is 0. The molecule has 0 radical (unpaired) electrons. The maximum atomic E-state index is 12.1. The number of carboxylic acids is 1. The van der Waals surface area contributed by atoms with Crippen molar-refractivity contribution < 1.29 is 19.4 Å². The number of nitrogens with zero attached hydrogens (tertiary/aromatic N) is 1. The summed E-state index contributed by atoms with van der Waals surface area (Å²) in [7, 11) is 1.59. The number of unbranched alkanes of at least 4 members (excludes halogenated alkanes) is 2. The number of amides is 1. The fourth-order valence-electron chi connectivity index (χ4n) is 2.78. The Morgan fingerprint density at radius 1 is 1.20 bits per heavy atom. The van der Waals surface area contributed by atoms with Crippen LogP contribution in [-0.2, 0) is 14.3 Å². The number of rotatable bonds is 8. The Hall–Kier alpha value is -1.10. The van der Waals surface area contributed by atoms with E-state index in [0.29, 0.717) is 19.4 Å². The quantitative estimate of drug-likeness (QED) is 0.696. The Morgan fingerprint density at radius 3 is 2.40 bits per heavy atom. The van der Waals surface area contributed by atoms with Gasteiger partial charge in [0.25, 0.3) is 0 Å². The fraction of sp³-hybridized carbons (Fsp3) is 0.867. The number of carboxylic acid groups (broad SMARTS) is 1. The Balaban J connectivity index is 2.50. The SMILES string of the molecule is CCCCCOCC(=O)N(C)C1(C(=O)O)CCCCC1. The van der Waals surface area contributed by atoms with Crippen molar-refractivity contribution in [2.24, 2.45) is 0 Å². The minimum atomic E-state index is -1.03. The van der Waals surface area contributed by atoms with Gasteiger partial charge >= 0.3 is 5.97 Å². The molecule has 0 aliphatic heterocycles. The zero-order valence-electron chi connectivity index (χ0n) is 12.7. The molecule has 0 aromatic rings. The zero-order valence-corrected chi connectivity index (χ0v) is 12.7. The highest BCUT2D eigenvalue weighted by Gasteiger charge is 2.45. The van der Waals surface area contributed by atoms with Crippen LogP contribution in [0.25, 0.3) is 0 Å². The number of aliphatic carboxylic acids is 1. The third-order valence-corrected chi connectivity index (χ3v) is 4.21. The van der Waals surface area contributed by atoms with Crippen molar-refractivity contribution in [1.82, 2.24) is 4.90 Å². The molecule has 1 saturated carbocycles. The molecule has 5 nitrogen and oxygen atoms in total. The van der Waals surface area contributed by atoms with Crippen molar-refractivity contribution in [2.75, 3.05) is 20.3 Å². The molecule has 20 heavy (non-hydrogen) atoms. The van der Waals surface area contributed by atoms with Crippen LogP contribution in [0.3, 0.4) is 0 Å². The van der Waals surface area contributed by atoms with Crippen LogP contribution in [0.15, 0.2) is 0 Å². The molecule has 1 aliphatic carbocycles. The molecular formula is C15H27NO4. The van der Waals surface area contributed by atoms with Crippen LogP contribution in [0, 0.1) is 0 Å². The molecule has 0 aromatic heterocycles. The minimum absolute atomic E-state index is 0.0186. The van der Waals surface area contributed by atoms with Gasteiger partial charge in [-0.15, -0.1) is 0 Å². The maximum absolute atomic E-state index is 12.1. The van der Waals surface area contributed by atoms with Gasteiger partial charge in [-0.05, 0) is 19.3 Å². The van der Waals surface area contributed by atoms with E-state index in [1.165, 1.54) is 4.90 Å². The van der Waals surface area contributed by atoms with E-state index in [1.807, 2.05) is 0 Å². The van der Waals surface area contributed by atoms with Gasteiger partial charge in [-0.3, -0.25) is 4.79 Å². The van der Waals surface area contributed by atoms with Crippen LogP contribution in [0.2, 0.25) is 0 Å². The first kappa shape index (κ1) is 17.0. The fourth-order valence-corrected chi connectivity index (χ4v) is 2.78. The Bertz CT molecular complexity index is 324. The summed E-state index contributed by atoms with van der Waals surface area (Å²) in [6.45, 7) is 2.65. The van der Waals surface area contributed by atoms with E-state index in [4.69, 9.17) is 4.74 Å². The van der Waals surface area contributed by atoms with Gasteiger partial charge in [-0.2, -0.15) is 0 Å². The molecule has 0 bridgehead atoms. The van der Waals surface area contributed by atoms with Gasteiger partial charge in [0.15, 0.2) is 0 Å². The largest absolute Gasteiger partial charge is 0.479 e. The van der Waals surface area contributed by atoms with Crippen molar-refractivity contribution in [2.45, 2.75) is 63.8 Å².